The Kier molecular flexibility index (Phi) is 4.59. The predicted octanol–water partition coefficient (Wildman–Crippen LogP) is 2.43. The van der Waals surface area contributed by atoms with Gasteiger partial charge in [0, 0.05) is 11.8 Å². The van der Waals surface area contributed by atoms with Crippen molar-refractivity contribution in [3.05, 3.63) is 36.7 Å². The maximum Gasteiger partial charge on any atom is 0.233 e. The molecule has 2 aromatic heterocycles. The number of aromatic nitrogens is 4. The van der Waals surface area contributed by atoms with Crippen LogP contribution < -0.4 is 30.2 Å². The Balaban J connectivity index is 1.32. The molecule has 160 valence electrons. The fraction of sp³-hybridized carbons (Fsp3) is 0.300. The van der Waals surface area contributed by atoms with Crippen molar-refractivity contribution in [1.29, 1.82) is 0 Å². The van der Waals surface area contributed by atoms with Crippen molar-refractivity contribution in [2.24, 2.45) is 0 Å². The minimum absolute atomic E-state index is 0.306. The summed E-state index contributed by atoms with van der Waals surface area (Å²) in [6.07, 6.45) is 0.503. The van der Waals surface area contributed by atoms with Crippen LogP contribution in [0.2, 0.25) is 0 Å². The predicted molar refractivity (Wildman–Crippen MR) is 112 cm³/mol. The molecule has 0 fully saturated rings. The summed E-state index contributed by atoms with van der Waals surface area (Å²) < 4.78 is 16.9. The molecule has 5 rings (SSSR count). The summed E-state index contributed by atoms with van der Waals surface area (Å²) in [5.41, 5.74) is -0.00189. The second-order valence-corrected chi connectivity index (χ2v) is 7.54. The molecule has 0 spiro atoms. The van der Waals surface area contributed by atoms with Gasteiger partial charge in [0.25, 0.3) is 0 Å². The van der Waals surface area contributed by atoms with E-state index in [0.29, 0.717) is 54.0 Å². The molecule has 2 aliphatic heterocycles. The number of pyridine rings is 1. The number of nitrogens with one attached hydrogen (secondary N) is 3. The normalized spacial score (nSPS) is 18.2. The standard InChI is InChI=1S/C20H21N7O4/c1-20(2)17(28)26-16-13(31-20)5-6-15(24-16)25-19-22-10-21-18(27-19)23-11-3-4-12-14(9-11)30-8-7-29-12/h3-6,9-10,17,28H,7-8H2,1-2H3,(H3,21,22,23,24,25,26,27). The molecule has 0 bridgehead atoms. The van der Waals surface area contributed by atoms with Gasteiger partial charge >= 0.3 is 0 Å². The highest BCUT2D eigenvalue weighted by molar-refractivity contribution is 5.62. The third kappa shape index (κ3) is 3.94. The molecule has 2 aliphatic rings. The van der Waals surface area contributed by atoms with Crippen molar-refractivity contribution < 1.29 is 19.3 Å². The number of ether oxygens (including phenoxy) is 3. The Morgan fingerprint density at radius 1 is 0.968 bits per heavy atom. The topological polar surface area (TPSA) is 136 Å². The lowest BCUT2D eigenvalue weighted by atomic mass is 10.1. The number of hydrogen-bond acceptors (Lipinski definition) is 11. The van der Waals surface area contributed by atoms with Gasteiger partial charge in [-0.15, -0.1) is 0 Å². The third-order valence-corrected chi connectivity index (χ3v) is 4.77. The van der Waals surface area contributed by atoms with Gasteiger partial charge in [0.1, 0.15) is 31.0 Å². The zero-order chi connectivity index (χ0) is 21.4. The number of benzene rings is 1. The number of aliphatic hydroxyl groups is 1. The van der Waals surface area contributed by atoms with Crippen LogP contribution in [0.4, 0.5) is 29.2 Å². The van der Waals surface area contributed by atoms with Crippen molar-refractivity contribution in [3.8, 4) is 17.2 Å². The van der Waals surface area contributed by atoms with E-state index < -0.39 is 11.8 Å². The minimum Gasteiger partial charge on any atom is -0.486 e. The zero-order valence-electron chi connectivity index (χ0n) is 16.9. The Bertz CT molecular complexity index is 1120. The Morgan fingerprint density at radius 3 is 2.55 bits per heavy atom. The molecule has 0 radical (unpaired) electrons. The van der Waals surface area contributed by atoms with Gasteiger partial charge in [-0.1, -0.05) is 0 Å². The van der Waals surface area contributed by atoms with Crippen LogP contribution in [0.5, 0.6) is 17.2 Å². The van der Waals surface area contributed by atoms with Gasteiger partial charge in [-0.3, -0.25) is 0 Å². The first-order valence-electron chi connectivity index (χ1n) is 9.74. The molecule has 0 saturated carbocycles. The number of rotatable bonds is 4. The van der Waals surface area contributed by atoms with Gasteiger partial charge in [-0.2, -0.15) is 4.98 Å². The molecule has 1 unspecified atom stereocenters. The average molecular weight is 423 g/mol. The largest absolute Gasteiger partial charge is 0.486 e. The summed E-state index contributed by atoms with van der Waals surface area (Å²) in [6, 6.07) is 9.02. The lowest BCUT2D eigenvalue weighted by Gasteiger charge is -2.37. The summed E-state index contributed by atoms with van der Waals surface area (Å²) in [7, 11) is 0. The molecular formula is C20H21N7O4. The Labute approximate surface area is 177 Å². The molecule has 0 saturated heterocycles. The molecule has 1 aromatic carbocycles. The minimum atomic E-state index is -0.887. The monoisotopic (exact) mass is 423 g/mol. The van der Waals surface area contributed by atoms with Gasteiger partial charge in [0.2, 0.25) is 11.9 Å². The fourth-order valence-electron chi connectivity index (χ4n) is 3.13. The highest BCUT2D eigenvalue weighted by Crippen LogP contribution is 2.35. The van der Waals surface area contributed by atoms with Crippen LogP contribution in [0.15, 0.2) is 36.7 Å². The summed E-state index contributed by atoms with van der Waals surface area (Å²) >= 11 is 0. The quantitative estimate of drug-likeness (QED) is 0.492. The van der Waals surface area contributed by atoms with Crippen LogP contribution in [0, 0.1) is 0 Å². The summed E-state index contributed by atoms with van der Waals surface area (Å²) in [5.74, 6) is 3.50. The maximum absolute atomic E-state index is 10.2. The van der Waals surface area contributed by atoms with E-state index in [0.717, 1.165) is 5.69 Å². The van der Waals surface area contributed by atoms with Crippen LogP contribution in [-0.4, -0.2) is 50.1 Å². The Morgan fingerprint density at radius 2 is 1.71 bits per heavy atom. The second-order valence-electron chi connectivity index (χ2n) is 7.54. The van der Waals surface area contributed by atoms with Gasteiger partial charge in [-0.25, -0.2) is 15.0 Å². The second kappa shape index (κ2) is 7.43. The molecule has 11 heteroatoms. The molecular weight excluding hydrogens is 402 g/mol. The lowest BCUT2D eigenvalue weighted by molar-refractivity contribution is -0.0216. The van der Waals surface area contributed by atoms with Crippen molar-refractivity contribution in [2.45, 2.75) is 25.7 Å². The maximum atomic E-state index is 10.2. The first-order valence-corrected chi connectivity index (χ1v) is 9.74. The van der Waals surface area contributed by atoms with Gasteiger partial charge in [-0.05, 0) is 38.1 Å². The van der Waals surface area contributed by atoms with E-state index in [1.807, 2.05) is 18.2 Å². The van der Waals surface area contributed by atoms with Crippen molar-refractivity contribution >= 4 is 29.2 Å². The van der Waals surface area contributed by atoms with E-state index in [2.05, 4.69) is 35.9 Å². The number of hydrogen-bond donors (Lipinski definition) is 4. The Hall–Kier alpha value is -3.86. The van der Waals surface area contributed by atoms with Gasteiger partial charge in [0.05, 0.1) is 0 Å². The molecule has 4 N–H and O–H groups in total. The summed E-state index contributed by atoms with van der Waals surface area (Å²) in [4.78, 5) is 17.1. The highest BCUT2D eigenvalue weighted by atomic mass is 16.6. The number of anilines is 5. The summed E-state index contributed by atoms with van der Waals surface area (Å²) in [6.45, 7) is 4.64. The number of nitrogens with zero attached hydrogens (tertiary/aromatic N) is 4. The number of aliphatic hydroxyl groups excluding tert-OH is 1. The molecule has 0 aliphatic carbocycles. The van der Waals surface area contributed by atoms with Gasteiger partial charge < -0.3 is 35.3 Å². The third-order valence-electron chi connectivity index (χ3n) is 4.77. The van der Waals surface area contributed by atoms with Crippen LogP contribution in [-0.2, 0) is 0 Å². The van der Waals surface area contributed by atoms with Gasteiger partial charge in [0.15, 0.2) is 29.3 Å². The molecule has 11 nitrogen and oxygen atoms in total. The van der Waals surface area contributed by atoms with Crippen molar-refractivity contribution in [1.82, 2.24) is 19.9 Å². The molecule has 1 atom stereocenters. The van der Waals surface area contributed by atoms with Crippen LogP contribution >= 0.6 is 0 Å². The first kappa shape index (κ1) is 19.1. The lowest BCUT2D eigenvalue weighted by Crippen LogP contribution is -2.49. The molecule has 31 heavy (non-hydrogen) atoms. The smallest absolute Gasteiger partial charge is 0.233 e. The van der Waals surface area contributed by atoms with Crippen LogP contribution in [0.1, 0.15) is 13.8 Å². The molecule has 4 heterocycles. The van der Waals surface area contributed by atoms with E-state index in [9.17, 15) is 5.11 Å². The van der Waals surface area contributed by atoms with E-state index in [4.69, 9.17) is 14.2 Å². The first-order chi connectivity index (χ1) is 15.0. The average Bonchev–Trinajstić information content (AvgIpc) is 2.75. The fourth-order valence-corrected chi connectivity index (χ4v) is 3.13. The highest BCUT2D eigenvalue weighted by Gasteiger charge is 2.36. The van der Waals surface area contributed by atoms with Crippen LogP contribution in [0.25, 0.3) is 0 Å². The zero-order valence-corrected chi connectivity index (χ0v) is 16.9. The van der Waals surface area contributed by atoms with E-state index >= 15 is 0 Å². The molecule has 3 aromatic rings. The van der Waals surface area contributed by atoms with E-state index in [-0.39, 0.29) is 0 Å². The summed E-state index contributed by atoms with van der Waals surface area (Å²) in [5, 5.41) is 19.2. The van der Waals surface area contributed by atoms with E-state index in [1.54, 1.807) is 26.0 Å². The van der Waals surface area contributed by atoms with E-state index in [1.165, 1.54) is 6.33 Å². The molecule has 0 amide bonds. The van der Waals surface area contributed by atoms with Crippen LogP contribution in [0.3, 0.4) is 0 Å². The van der Waals surface area contributed by atoms with Crippen molar-refractivity contribution in [3.63, 3.8) is 0 Å². The number of fused-ring (bicyclic) bond motifs is 2. The van der Waals surface area contributed by atoms with Crippen molar-refractivity contribution in [2.75, 3.05) is 29.2 Å². The SMILES string of the molecule is CC1(C)Oc2ccc(Nc3ncnc(Nc4ccc5c(c4)OCCO5)n3)nc2NC1O.